The molecule has 4 aliphatic rings. The Bertz CT molecular complexity index is 4230. The molecule has 4 aliphatic heterocycles. The fourth-order valence-corrected chi connectivity index (χ4v) is 19.3. The molecule has 11 nitrogen and oxygen atoms in total. The number of nitrogens with zero attached hydrogens (tertiary/aromatic N) is 8. The van der Waals surface area contributed by atoms with E-state index in [1.54, 1.807) is 54.2 Å². The average Bonchev–Trinajstić information content (AvgIpc) is 0.791. The molecule has 1 unspecified atom stereocenters. The summed E-state index contributed by atoms with van der Waals surface area (Å²) in [6.45, 7) is 21.9. The standard InChI is InChI=1S/C21H24N2S.C20H21ClN2O2S.C20H21ClN2OS.C20H21ClN2S/c1-16-10-17(2)12-20(11-16)24-21-7-6-18(14-22)13-19(21)15-23-8-4-3-5-9-23;1-15-9-18(21)12-19(10-15)26(24,25)20-6-5-16(13-22)11-17(20)14-23-7-3-2-4-8-23;1-15-9-18(21)12-19(10-15)25(24)20-6-5-16(13-22)11-17(20)14-23-7-3-2-4-8-23;1-15-9-18(21)12-19(10-15)24-20-6-5-16(13-22)11-17(20)14-23-7-3-2-4-8-23/h6-7,10-13H,3-5,8-9,15H2,1-2H3;5-6,9-12H,2-4,7-8,14H2,1H3;5-6,9-12H,2-4,7-8,14H2,1H3;5-6,9-12H,2-4,7-8,14H2,1H3. The van der Waals surface area contributed by atoms with Crippen molar-refractivity contribution in [1.29, 1.82) is 21.0 Å². The lowest BCUT2D eigenvalue weighted by atomic mass is 10.1. The summed E-state index contributed by atoms with van der Waals surface area (Å²) in [6.07, 6.45) is 14.9. The fraction of sp³-hybridized carbons (Fsp3) is 0.358. The van der Waals surface area contributed by atoms with E-state index in [-0.39, 0.29) is 9.79 Å². The van der Waals surface area contributed by atoms with Gasteiger partial charge in [-0.05, 0) is 328 Å². The summed E-state index contributed by atoms with van der Waals surface area (Å²) in [7, 11) is -5.02. The van der Waals surface area contributed by atoms with Gasteiger partial charge in [-0.3, -0.25) is 19.6 Å². The van der Waals surface area contributed by atoms with Crippen LogP contribution < -0.4 is 0 Å². The lowest BCUT2D eigenvalue weighted by Crippen LogP contribution is -2.29. The highest BCUT2D eigenvalue weighted by Gasteiger charge is 2.25. The van der Waals surface area contributed by atoms with Gasteiger partial charge >= 0.3 is 0 Å². The van der Waals surface area contributed by atoms with E-state index in [2.05, 4.69) is 107 Å². The van der Waals surface area contributed by atoms with E-state index < -0.39 is 20.6 Å². The van der Waals surface area contributed by atoms with Crippen molar-refractivity contribution in [1.82, 2.24) is 19.6 Å². The molecule has 0 aromatic heterocycles. The Balaban J connectivity index is 0.000000154. The van der Waals surface area contributed by atoms with Crippen molar-refractivity contribution in [3.8, 4) is 24.3 Å². The third-order valence-electron chi connectivity index (χ3n) is 17.8. The third kappa shape index (κ3) is 23.1. The lowest BCUT2D eigenvalue weighted by molar-refractivity contribution is 0.219. The largest absolute Gasteiger partial charge is 0.299 e. The zero-order chi connectivity index (χ0) is 70.4. The Hall–Kier alpha value is -6.77. The number of likely N-dealkylation sites (tertiary alicyclic amines) is 4. The molecule has 8 aromatic rings. The number of benzene rings is 8. The number of aryl methyl sites for hydroxylation is 5. The van der Waals surface area contributed by atoms with E-state index >= 15 is 0 Å². The molecule has 0 amide bonds. The van der Waals surface area contributed by atoms with Crippen LogP contribution in [-0.4, -0.2) is 84.6 Å². The molecular formula is C81H87Cl3N8O3S4. The maximum atomic E-state index is 13.2. The number of nitriles is 4. The van der Waals surface area contributed by atoms with Crippen molar-refractivity contribution in [2.75, 3.05) is 52.4 Å². The summed E-state index contributed by atoms with van der Waals surface area (Å²) in [5.74, 6) is 0. The predicted molar refractivity (Wildman–Crippen MR) is 404 cm³/mol. The van der Waals surface area contributed by atoms with E-state index in [0.29, 0.717) is 38.2 Å². The Labute approximate surface area is 614 Å². The van der Waals surface area contributed by atoms with Crippen molar-refractivity contribution in [2.45, 2.75) is 177 Å². The van der Waals surface area contributed by atoms with Crippen LogP contribution >= 0.6 is 58.3 Å². The highest BCUT2D eigenvalue weighted by molar-refractivity contribution is 7.99. The summed E-state index contributed by atoms with van der Waals surface area (Å²) in [6, 6.07) is 54.4. The normalized spacial score (nSPS) is 15.6. The first-order chi connectivity index (χ1) is 47.7. The Morgan fingerprint density at radius 2 is 0.727 bits per heavy atom. The minimum Gasteiger partial charge on any atom is -0.299 e. The SMILES string of the molecule is Cc1cc(C)cc(Sc2ccc(C#N)cc2CN2CCCCC2)c1.Cc1cc(Cl)cc(S(=O)(=O)c2ccc(C#N)cc2CN2CCCCC2)c1.Cc1cc(Cl)cc(S(=O)c2ccc(C#N)cc2CN2CCCCC2)c1.Cc1cc(Cl)cc(Sc2ccc(C#N)cc2CN2CCCCC2)c1. The van der Waals surface area contributed by atoms with E-state index in [1.807, 2.05) is 80.2 Å². The molecule has 4 heterocycles. The van der Waals surface area contributed by atoms with E-state index in [4.69, 9.17) is 34.8 Å². The van der Waals surface area contributed by atoms with Crippen molar-refractivity contribution in [3.63, 3.8) is 0 Å². The van der Waals surface area contributed by atoms with Crippen molar-refractivity contribution < 1.29 is 12.6 Å². The van der Waals surface area contributed by atoms with Crippen LogP contribution in [0.2, 0.25) is 15.1 Å². The summed E-state index contributed by atoms with van der Waals surface area (Å²) in [4.78, 5) is 16.5. The number of piperidine rings is 4. The molecule has 0 saturated carbocycles. The highest BCUT2D eigenvalue weighted by Crippen LogP contribution is 2.37. The smallest absolute Gasteiger partial charge is 0.206 e. The van der Waals surface area contributed by atoms with Crippen LogP contribution in [0.15, 0.2) is 185 Å². The van der Waals surface area contributed by atoms with Gasteiger partial charge in [-0.2, -0.15) is 21.0 Å². The zero-order valence-electron chi connectivity index (χ0n) is 57.4. The second-order valence-corrected chi connectivity index (χ2v) is 33.2. The quantitative estimate of drug-likeness (QED) is 0.0900. The molecule has 0 spiro atoms. The van der Waals surface area contributed by atoms with Crippen molar-refractivity contribution in [2.24, 2.45) is 0 Å². The van der Waals surface area contributed by atoms with Gasteiger partial charge in [0.05, 0.1) is 67.1 Å². The number of sulfone groups is 1. The second kappa shape index (κ2) is 37.8. The van der Waals surface area contributed by atoms with Crippen LogP contribution in [0.4, 0.5) is 0 Å². The van der Waals surface area contributed by atoms with Crippen molar-refractivity contribution in [3.05, 3.63) is 233 Å². The van der Waals surface area contributed by atoms with Gasteiger partial charge in [-0.25, -0.2) is 12.6 Å². The van der Waals surface area contributed by atoms with Gasteiger partial charge in [0.25, 0.3) is 0 Å². The van der Waals surface area contributed by atoms with Crippen LogP contribution in [0.1, 0.15) is 149 Å². The summed E-state index contributed by atoms with van der Waals surface area (Å²) in [5, 5.41) is 38.7. The minimum atomic E-state index is -3.71. The van der Waals surface area contributed by atoms with Gasteiger partial charge in [-0.1, -0.05) is 90.1 Å². The monoisotopic (exact) mass is 1450 g/mol. The Morgan fingerprint density at radius 1 is 0.384 bits per heavy atom. The first-order valence-electron chi connectivity index (χ1n) is 34.2. The Kier molecular flexibility index (Phi) is 29.2. The molecular weight excluding hydrogens is 1370 g/mol. The van der Waals surface area contributed by atoms with Crippen LogP contribution in [0.25, 0.3) is 0 Å². The molecule has 0 bridgehead atoms. The number of hydrogen-bond donors (Lipinski definition) is 0. The lowest BCUT2D eigenvalue weighted by Gasteiger charge is -2.27. The van der Waals surface area contributed by atoms with Crippen LogP contribution in [0.3, 0.4) is 0 Å². The maximum absolute atomic E-state index is 13.2. The van der Waals surface area contributed by atoms with E-state index in [9.17, 15) is 33.7 Å². The first-order valence-corrected chi connectivity index (χ1v) is 39.6. The van der Waals surface area contributed by atoms with Crippen molar-refractivity contribution >= 4 is 79.0 Å². The first kappa shape index (κ1) is 76.4. The van der Waals surface area contributed by atoms with Crippen LogP contribution in [0, 0.1) is 79.9 Å². The molecule has 4 fully saturated rings. The highest BCUT2D eigenvalue weighted by atomic mass is 35.5. The number of rotatable bonds is 16. The van der Waals surface area contributed by atoms with Gasteiger partial charge < -0.3 is 0 Å². The van der Waals surface area contributed by atoms with Gasteiger partial charge in [0.15, 0.2) is 0 Å². The average molecular weight is 1460 g/mol. The van der Waals surface area contributed by atoms with Crippen LogP contribution in [-0.2, 0) is 46.8 Å². The molecule has 4 saturated heterocycles. The summed E-state index contributed by atoms with van der Waals surface area (Å²) in [5.41, 5.74) is 12.3. The number of hydrogen-bond acceptors (Lipinski definition) is 13. The molecule has 0 N–H and O–H groups in total. The fourth-order valence-electron chi connectivity index (χ4n) is 13.1. The third-order valence-corrected chi connectivity index (χ3v) is 24.0. The summed E-state index contributed by atoms with van der Waals surface area (Å²) >= 11 is 21.9. The van der Waals surface area contributed by atoms with Gasteiger partial charge in [0.1, 0.15) is 0 Å². The molecule has 12 rings (SSSR count). The van der Waals surface area contributed by atoms with Gasteiger partial charge in [0, 0.05) is 70.6 Å². The molecule has 99 heavy (non-hydrogen) atoms. The van der Waals surface area contributed by atoms with Gasteiger partial charge in [0.2, 0.25) is 9.84 Å². The Morgan fingerprint density at radius 3 is 1.15 bits per heavy atom. The second-order valence-electron chi connectivity index (χ2n) is 26.3. The molecule has 0 aliphatic carbocycles. The summed E-state index contributed by atoms with van der Waals surface area (Å²) < 4.78 is 39.6. The molecule has 18 heteroatoms. The van der Waals surface area contributed by atoms with E-state index in [1.165, 1.54) is 120 Å². The topological polar surface area (TPSA) is 159 Å². The number of halogens is 3. The molecule has 514 valence electrons. The molecule has 0 radical (unpaired) electrons. The molecule has 8 aromatic carbocycles. The van der Waals surface area contributed by atoms with Crippen LogP contribution in [0.5, 0.6) is 0 Å². The maximum Gasteiger partial charge on any atom is 0.206 e. The zero-order valence-corrected chi connectivity index (χ0v) is 62.9. The van der Waals surface area contributed by atoms with Gasteiger partial charge in [-0.15, -0.1) is 0 Å². The van der Waals surface area contributed by atoms with E-state index in [0.717, 1.165) is 120 Å². The molecule has 1 atom stereocenters. The predicted octanol–water partition coefficient (Wildman–Crippen LogP) is 20.0. The minimum absolute atomic E-state index is 0.187.